The molecular weight excluding hydrogens is 857 g/mol. The van der Waals surface area contributed by atoms with Crippen LogP contribution in [0.15, 0.2) is 55.3 Å². The van der Waals surface area contributed by atoms with Crippen molar-refractivity contribution in [1.82, 2.24) is 39.9 Å². The summed E-state index contributed by atoms with van der Waals surface area (Å²) in [7, 11) is 4.98. The van der Waals surface area contributed by atoms with E-state index in [2.05, 4.69) is 54.8 Å². The zero-order valence-electron chi connectivity index (χ0n) is 40.2. The number of carbonyl (C=O) groups excluding carboxylic acids is 5. The maximum absolute atomic E-state index is 14.7. The molecule has 0 radical (unpaired) electrons. The molecule has 3 aliphatic rings. The van der Waals surface area contributed by atoms with Crippen LogP contribution in [-0.4, -0.2) is 133 Å². The lowest BCUT2D eigenvalue weighted by Crippen LogP contribution is -2.63. The Morgan fingerprint density at radius 2 is 1.87 bits per heavy atom. The molecule has 2 aromatic carbocycles. The molecule has 6 bridgehead atoms. The first-order valence-corrected chi connectivity index (χ1v) is 23.2. The topological polar surface area (TPSA) is 201 Å². The lowest BCUT2D eigenvalue weighted by molar-refractivity contribution is -0.156. The number of cyclic esters (lactones) is 1. The third kappa shape index (κ3) is 9.86. The van der Waals surface area contributed by atoms with Gasteiger partial charge in [0.15, 0.2) is 5.60 Å². The Labute approximate surface area is 392 Å². The second-order valence-corrected chi connectivity index (χ2v) is 19.5. The molecule has 0 saturated carbocycles. The minimum atomic E-state index is -1.93. The van der Waals surface area contributed by atoms with Gasteiger partial charge in [0.05, 0.1) is 24.9 Å². The van der Waals surface area contributed by atoms with Gasteiger partial charge in [0.2, 0.25) is 11.8 Å². The molecule has 17 nitrogen and oxygen atoms in total. The number of amides is 4. The van der Waals surface area contributed by atoms with Crippen LogP contribution in [0.1, 0.15) is 83.7 Å². The molecule has 4 aromatic rings. The number of likely N-dealkylation sites (N-methyl/N-ethyl adjacent to an activating group) is 1. The number of likely N-dealkylation sites (tertiary alicyclic amines) is 1. The highest BCUT2D eigenvalue weighted by Crippen LogP contribution is 2.42. The summed E-state index contributed by atoms with van der Waals surface area (Å²) in [5.41, 5.74) is 7.38. The van der Waals surface area contributed by atoms with E-state index >= 15 is 0 Å². The van der Waals surface area contributed by atoms with E-state index in [0.717, 1.165) is 45.1 Å². The van der Waals surface area contributed by atoms with Crippen LogP contribution in [0, 0.1) is 11.3 Å². The number of aromatic nitrogens is 3. The Morgan fingerprint density at radius 1 is 1.12 bits per heavy atom. The summed E-state index contributed by atoms with van der Waals surface area (Å²) in [6.45, 7) is 16.1. The van der Waals surface area contributed by atoms with Gasteiger partial charge in [-0.1, -0.05) is 46.4 Å². The van der Waals surface area contributed by atoms with E-state index in [-0.39, 0.29) is 50.9 Å². The van der Waals surface area contributed by atoms with Crippen LogP contribution in [0.3, 0.4) is 0 Å². The number of methoxy groups -OCH3 is 1. The molecule has 4 N–H and O–H groups in total. The SMILES string of the molecule is C=CC(=O)N1CCC(O)(C(=O)N(C)[C@H](C(=O)N[C@H]2Cc3cc(O)cc(c3)-c3ccc4c(c3)c(c(-c3cn(C)nc3[C@H](C)OC)n4CC)CC(C)(C)COC(=O)[C@@H]3CCCN(N3)C2=O)C(C)C)C1. The molecule has 17 heteroatoms. The number of phenolic OH excluding ortho intramolecular Hbond substituents is 1. The highest BCUT2D eigenvalue weighted by molar-refractivity contribution is 5.97. The van der Waals surface area contributed by atoms with Gasteiger partial charge in [-0.15, -0.1) is 0 Å². The number of benzene rings is 2. The number of carbonyl (C=O) groups is 5. The average Bonchev–Trinajstić information content (AvgIpc) is 3.98. The van der Waals surface area contributed by atoms with Gasteiger partial charge in [-0.2, -0.15) is 5.10 Å². The fourth-order valence-electron chi connectivity index (χ4n) is 10.0. The monoisotopic (exact) mass is 922 g/mol. The van der Waals surface area contributed by atoms with Gasteiger partial charge in [-0.3, -0.25) is 33.7 Å². The van der Waals surface area contributed by atoms with Gasteiger partial charge < -0.3 is 39.4 Å². The predicted molar refractivity (Wildman–Crippen MR) is 252 cm³/mol. The number of phenols is 1. The van der Waals surface area contributed by atoms with Crippen LogP contribution < -0.4 is 10.7 Å². The zero-order chi connectivity index (χ0) is 48.7. The van der Waals surface area contributed by atoms with Crippen molar-refractivity contribution in [2.75, 3.05) is 40.4 Å². The Bertz CT molecular complexity index is 2580. The van der Waals surface area contributed by atoms with Gasteiger partial charge in [0.1, 0.15) is 29.6 Å². The number of hydrogen-bond donors (Lipinski definition) is 4. The van der Waals surface area contributed by atoms with Crippen molar-refractivity contribution in [3.05, 3.63) is 72.1 Å². The molecule has 5 atom stereocenters. The normalized spacial score (nSPS) is 22.0. The molecule has 5 heterocycles. The van der Waals surface area contributed by atoms with Crippen molar-refractivity contribution in [3.63, 3.8) is 0 Å². The van der Waals surface area contributed by atoms with Crippen LogP contribution in [-0.2, 0) is 59.9 Å². The molecule has 0 aliphatic carbocycles. The van der Waals surface area contributed by atoms with Crippen LogP contribution in [0.5, 0.6) is 5.75 Å². The summed E-state index contributed by atoms with van der Waals surface area (Å²) >= 11 is 0. The van der Waals surface area contributed by atoms with E-state index in [4.69, 9.17) is 14.6 Å². The van der Waals surface area contributed by atoms with E-state index < -0.39 is 64.7 Å². The van der Waals surface area contributed by atoms with Crippen molar-refractivity contribution in [1.29, 1.82) is 0 Å². The first-order chi connectivity index (χ1) is 31.7. The Hall–Kier alpha value is -6.04. The average molecular weight is 923 g/mol. The number of β-amino-alcohol motifs (C(OH)–C–C–N with tert-alkyl or cyclic N) is 1. The lowest BCUT2D eigenvalue weighted by atomic mass is 9.84. The Morgan fingerprint density at radius 3 is 2.55 bits per heavy atom. The van der Waals surface area contributed by atoms with E-state index in [1.165, 1.54) is 21.9 Å². The number of fused-ring (bicyclic) bond motifs is 6. The fourth-order valence-corrected chi connectivity index (χ4v) is 10.0. The zero-order valence-corrected chi connectivity index (χ0v) is 40.2. The number of nitrogens with zero attached hydrogens (tertiary/aromatic N) is 6. The number of aryl methyl sites for hydroxylation is 2. The Balaban J connectivity index is 1.31. The third-order valence-corrected chi connectivity index (χ3v) is 13.5. The minimum absolute atomic E-state index is 0.0240. The highest BCUT2D eigenvalue weighted by Gasteiger charge is 2.48. The van der Waals surface area contributed by atoms with Gasteiger partial charge in [-0.05, 0) is 91.6 Å². The maximum Gasteiger partial charge on any atom is 0.324 e. The molecule has 2 aromatic heterocycles. The lowest BCUT2D eigenvalue weighted by Gasteiger charge is -2.37. The van der Waals surface area contributed by atoms with Crippen molar-refractivity contribution < 1.29 is 43.7 Å². The first kappa shape index (κ1) is 48.9. The van der Waals surface area contributed by atoms with Gasteiger partial charge in [0, 0.05) is 81.8 Å². The van der Waals surface area contributed by atoms with Gasteiger partial charge in [-0.25, -0.2) is 5.43 Å². The Kier molecular flexibility index (Phi) is 14.1. The largest absolute Gasteiger partial charge is 0.508 e. The van der Waals surface area contributed by atoms with Crippen molar-refractivity contribution in [2.45, 2.75) is 110 Å². The number of aromatic hydroxyl groups is 1. The summed E-state index contributed by atoms with van der Waals surface area (Å²) in [5, 5.41) is 32.9. The molecule has 7 rings (SSSR count). The van der Waals surface area contributed by atoms with Crippen LogP contribution in [0.2, 0.25) is 0 Å². The molecule has 0 spiro atoms. The van der Waals surface area contributed by atoms with Crippen LogP contribution in [0.4, 0.5) is 0 Å². The molecule has 4 amide bonds. The number of nitrogens with one attached hydrogen (secondary N) is 2. The molecule has 360 valence electrons. The van der Waals surface area contributed by atoms with E-state index in [1.807, 2.05) is 32.3 Å². The fraction of sp³-hybridized carbons (Fsp3) is 0.520. The second-order valence-electron chi connectivity index (χ2n) is 19.5. The third-order valence-electron chi connectivity index (χ3n) is 13.5. The minimum Gasteiger partial charge on any atom is -0.508 e. The molecule has 3 aliphatic heterocycles. The van der Waals surface area contributed by atoms with Crippen molar-refractivity contribution in [2.24, 2.45) is 18.4 Å². The number of esters is 1. The number of rotatable bonds is 10. The molecule has 2 fully saturated rings. The summed E-state index contributed by atoms with van der Waals surface area (Å²) in [6.07, 6.45) is 4.16. The predicted octanol–water partition coefficient (Wildman–Crippen LogP) is 4.42. The summed E-state index contributed by atoms with van der Waals surface area (Å²) in [4.78, 5) is 72.0. The van der Waals surface area contributed by atoms with E-state index in [1.54, 1.807) is 37.8 Å². The quantitative estimate of drug-likeness (QED) is 0.130. The molecule has 2 saturated heterocycles. The van der Waals surface area contributed by atoms with E-state index in [0.29, 0.717) is 36.9 Å². The van der Waals surface area contributed by atoms with Crippen molar-refractivity contribution in [3.8, 4) is 28.1 Å². The van der Waals surface area contributed by atoms with Gasteiger partial charge in [0.25, 0.3) is 11.8 Å². The number of aliphatic hydroxyl groups is 1. The first-order valence-electron chi connectivity index (χ1n) is 23.2. The van der Waals surface area contributed by atoms with Crippen LogP contribution in [0.25, 0.3) is 33.3 Å². The molecular formula is C50H66N8O9. The number of hydrazine groups is 1. The molecule has 67 heavy (non-hydrogen) atoms. The summed E-state index contributed by atoms with van der Waals surface area (Å²) in [5.74, 6) is -3.35. The number of ether oxygens (including phenoxy) is 2. The summed E-state index contributed by atoms with van der Waals surface area (Å²) in [6, 6.07) is 8.07. The van der Waals surface area contributed by atoms with Crippen LogP contribution >= 0.6 is 0 Å². The van der Waals surface area contributed by atoms with Gasteiger partial charge >= 0.3 is 5.97 Å². The number of hydrogen-bond acceptors (Lipinski definition) is 11. The maximum atomic E-state index is 14.7. The standard InChI is InChI=1S/C50H66N8O9/c1-11-41(60)56-19-17-50(65,27-56)48(64)55(9)43(29(3)4)45(61)51-39-22-31-20-33(23-34(59)21-31)32-15-16-40-35(24-32)36(44(57(40)12-2)37-26-54(8)53-42(37)30(5)66-10)25-49(6,7)28-67-47(63)38-14-13-18-58(52-38)46(39)62/h11,15-16,20-21,23-24,26,29-30,38-39,43,52,59,65H,1,12-14,17-19,22,25,27-28H2,2-10H3,(H,51,61)/t30-,38-,39-,43-,50?/m0/s1. The second kappa shape index (κ2) is 19.3. The summed E-state index contributed by atoms with van der Waals surface area (Å²) < 4.78 is 16.0. The molecule has 1 unspecified atom stereocenters. The van der Waals surface area contributed by atoms with Crippen molar-refractivity contribution >= 4 is 40.5 Å². The smallest absolute Gasteiger partial charge is 0.324 e. The van der Waals surface area contributed by atoms with E-state index in [9.17, 15) is 34.2 Å². The highest BCUT2D eigenvalue weighted by atomic mass is 16.5.